The lowest BCUT2D eigenvalue weighted by Gasteiger charge is -2.05. The third-order valence-electron chi connectivity index (χ3n) is 2.99. The number of hydrogen-bond acceptors (Lipinski definition) is 2. The van der Waals surface area contributed by atoms with Crippen molar-refractivity contribution in [1.82, 2.24) is 5.32 Å². The Bertz CT molecular complexity index is 652. The number of rotatable bonds is 6. The number of alkyl carbamates (subject to hydrolysis) is 1. The van der Waals surface area contributed by atoms with Gasteiger partial charge in [0.15, 0.2) is 0 Å². The van der Waals surface area contributed by atoms with Crippen LogP contribution in [0.3, 0.4) is 0 Å². The van der Waals surface area contributed by atoms with Crippen molar-refractivity contribution in [2.24, 2.45) is 0 Å². The standard InChI is InChI=1S/C18H17Cl2NO2/c19-16-10-15(11-17(20)12-16)8-4-5-9-21-18(22)23-13-14-6-2-1-3-7-14/h1-4,6-8,10-12H,5,9,13H2,(H,21,22). The van der Waals surface area contributed by atoms with Gasteiger partial charge in [-0.05, 0) is 35.7 Å². The molecule has 5 heteroatoms. The molecule has 0 fully saturated rings. The summed E-state index contributed by atoms with van der Waals surface area (Å²) in [7, 11) is 0. The molecule has 2 rings (SSSR count). The molecule has 23 heavy (non-hydrogen) atoms. The second-order valence-electron chi connectivity index (χ2n) is 4.88. The number of carbonyl (C=O) groups excluding carboxylic acids is 1. The van der Waals surface area contributed by atoms with E-state index in [4.69, 9.17) is 27.9 Å². The molecule has 0 aliphatic carbocycles. The first kappa shape index (κ1) is 17.4. The van der Waals surface area contributed by atoms with Crippen LogP contribution < -0.4 is 5.32 Å². The van der Waals surface area contributed by atoms with Gasteiger partial charge < -0.3 is 10.1 Å². The van der Waals surface area contributed by atoms with Crippen molar-refractivity contribution in [3.8, 4) is 0 Å². The summed E-state index contributed by atoms with van der Waals surface area (Å²) < 4.78 is 5.12. The molecule has 0 heterocycles. The third-order valence-corrected chi connectivity index (χ3v) is 3.42. The molecule has 0 spiro atoms. The Hall–Kier alpha value is -1.97. The zero-order valence-corrected chi connectivity index (χ0v) is 14.0. The molecule has 0 radical (unpaired) electrons. The minimum atomic E-state index is -0.423. The average Bonchev–Trinajstić information content (AvgIpc) is 2.53. The molecule has 3 nitrogen and oxygen atoms in total. The summed E-state index contributed by atoms with van der Waals surface area (Å²) in [5.41, 5.74) is 1.88. The molecule has 0 aliphatic heterocycles. The Kier molecular flexibility index (Phi) is 6.98. The Balaban J connectivity index is 1.66. The summed E-state index contributed by atoms with van der Waals surface area (Å²) in [4.78, 5) is 11.5. The molecule has 2 aromatic rings. The monoisotopic (exact) mass is 349 g/mol. The van der Waals surface area contributed by atoms with E-state index < -0.39 is 6.09 Å². The van der Waals surface area contributed by atoms with Gasteiger partial charge in [-0.25, -0.2) is 4.79 Å². The minimum absolute atomic E-state index is 0.267. The molecular formula is C18H17Cl2NO2. The highest BCUT2D eigenvalue weighted by Crippen LogP contribution is 2.19. The highest BCUT2D eigenvalue weighted by atomic mass is 35.5. The summed E-state index contributed by atoms with van der Waals surface area (Å²) in [5.74, 6) is 0. The van der Waals surface area contributed by atoms with Gasteiger partial charge in [-0.15, -0.1) is 0 Å². The van der Waals surface area contributed by atoms with Gasteiger partial charge in [-0.1, -0.05) is 65.7 Å². The lowest BCUT2D eigenvalue weighted by Crippen LogP contribution is -2.24. The zero-order chi connectivity index (χ0) is 16.5. The van der Waals surface area contributed by atoms with Crippen LogP contribution in [0.25, 0.3) is 6.08 Å². The van der Waals surface area contributed by atoms with E-state index in [1.165, 1.54) is 0 Å². The van der Waals surface area contributed by atoms with Crippen LogP contribution in [0.4, 0.5) is 4.79 Å². The third kappa shape index (κ3) is 6.76. The first-order valence-electron chi connectivity index (χ1n) is 7.20. The fraction of sp³-hybridized carbons (Fsp3) is 0.167. The second kappa shape index (κ2) is 9.23. The molecule has 1 N–H and O–H groups in total. The molecule has 0 saturated heterocycles. The van der Waals surface area contributed by atoms with E-state index in [1.807, 2.05) is 54.6 Å². The summed E-state index contributed by atoms with van der Waals surface area (Å²) in [6.45, 7) is 0.766. The maximum absolute atomic E-state index is 11.5. The van der Waals surface area contributed by atoms with Gasteiger partial charge in [0.05, 0.1) is 0 Å². The van der Waals surface area contributed by atoms with E-state index in [1.54, 1.807) is 6.07 Å². The first-order valence-corrected chi connectivity index (χ1v) is 7.96. The SMILES string of the molecule is O=C(NCCC=Cc1cc(Cl)cc(Cl)c1)OCc1ccccc1. The van der Waals surface area contributed by atoms with Crippen LogP contribution in [0.2, 0.25) is 10.0 Å². The molecule has 0 atom stereocenters. The van der Waals surface area contributed by atoms with E-state index in [0.717, 1.165) is 11.1 Å². The lowest BCUT2D eigenvalue weighted by molar-refractivity contribution is 0.140. The summed E-state index contributed by atoms with van der Waals surface area (Å²) in [6.07, 6.45) is 4.12. The van der Waals surface area contributed by atoms with Gasteiger partial charge in [0, 0.05) is 16.6 Å². The number of halogens is 2. The molecule has 0 bridgehead atoms. The van der Waals surface area contributed by atoms with E-state index >= 15 is 0 Å². The van der Waals surface area contributed by atoms with Crippen molar-refractivity contribution in [3.05, 3.63) is 75.8 Å². The number of hydrogen-bond donors (Lipinski definition) is 1. The zero-order valence-electron chi connectivity index (χ0n) is 12.5. The topological polar surface area (TPSA) is 38.3 Å². The Morgan fingerprint density at radius 1 is 1.09 bits per heavy atom. The summed E-state index contributed by atoms with van der Waals surface area (Å²) in [6, 6.07) is 14.9. The molecule has 120 valence electrons. The Morgan fingerprint density at radius 2 is 1.78 bits per heavy atom. The number of amides is 1. The van der Waals surface area contributed by atoms with E-state index in [9.17, 15) is 4.79 Å². The number of carbonyl (C=O) groups is 1. The highest BCUT2D eigenvalue weighted by Gasteiger charge is 2.00. The van der Waals surface area contributed by atoms with E-state index in [2.05, 4.69) is 5.32 Å². The summed E-state index contributed by atoms with van der Waals surface area (Å²) in [5, 5.41) is 3.89. The van der Waals surface area contributed by atoms with Crippen molar-refractivity contribution in [2.75, 3.05) is 6.54 Å². The molecule has 1 amide bonds. The fourth-order valence-electron chi connectivity index (χ4n) is 1.92. The number of nitrogens with one attached hydrogen (secondary N) is 1. The maximum Gasteiger partial charge on any atom is 0.407 e. The normalized spacial score (nSPS) is 10.7. The molecule has 0 unspecified atom stereocenters. The predicted molar refractivity (Wildman–Crippen MR) is 94.7 cm³/mol. The van der Waals surface area contributed by atoms with Gasteiger partial charge in [-0.3, -0.25) is 0 Å². The molecule has 2 aromatic carbocycles. The molecule has 0 aliphatic rings. The van der Waals surface area contributed by atoms with Gasteiger partial charge in [0.1, 0.15) is 6.61 Å². The quantitative estimate of drug-likeness (QED) is 0.716. The van der Waals surface area contributed by atoms with Crippen molar-refractivity contribution in [2.45, 2.75) is 13.0 Å². The van der Waals surface area contributed by atoms with Crippen LogP contribution in [-0.2, 0) is 11.3 Å². The Morgan fingerprint density at radius 3 is 2.48 bits per heavy atom. The van der Waals surface area contributed by atoms with Gasteiger partial charge in [-0.2, -0.15) is 0 Å². The Labute approximate surface area is 145 Å². The van der Waals surface area contributed by atoms with E-state index in [0.29, 0.717) is 23.0 Å². The molecule has 0 saturated carbocycles. The van der Waals surface area contributed by atoms with Crippen molar-refractivity contribution >= 4 is 35.4 Å². The van der Waals surface area contributed by atoms with Crippen LogP contribution in [0.5, 0.6) is 0 Å². The van der Waals surface area contributed by atoms with Crippen LogP contribution in [0, 0.1) is 0 Å². The lowest BCUT2D eigenvalue weighted by atomic mass is 10.2. The van der Waals surface area contributed by atoms with Crippen LogP contribution in [-0.4, -0.2) is 12.6 Å². The van der Waals surface area contributed by atoms with Crippen LogP contribution in [0.15, 0.2) is 54.6 Å². The average molecular weight is 350 g/mol. The molecule has 0 aromatic heterocycles. The molecular weight excluding hydrogens is 333 g/mol. The number of benzene rings is 2. The summed E-state index contributed by atoms with van der Waals surface area (Å²) >= 11 is 11.9. The first-order chi connectivity index (χ1) is 11.1. The van der Waals surface area contributed by atoms with Gasteiger partial charge >= 0.3 is 6.09 Å². The van der Waals surface area contributed by atoms with Crippen molar-refractivity contribution in [1.29, 1.82) is 0 Å². The number of ether oxygens (including phenoxy) is 1. The van der Waals surface area contributed by atoms with Gasteiger partial charge in [0.2, 0.25) is 0 Å². The largest absolute Gasteiger partial charge is 0.445 e. The fourth-order valence-corrected chi connectivity index (χ4v) is 2.47. The van der Waals surface area contributed by atoms with Crippen molar-refractivity contribution in [3.63, 3.8) is 0 Å². The smallest absolute Gasteiger partial charge is 0.407 e. The minimum Gasteiger partial charge on any atom is -0.445 e. The maximum atomic E-state index is 11.5. The van der Waals surface area contributed by atoms with Crippen molar-refractivity contribution < 1.29 is 9.53 Å². The predicted octanol–water partition coefficient (Wildman–Crippen LogP) is 5.32. The van der Waals surface area contributed by atoms with E-state index in [-0.39, 0.29) is 6.61 Å². The highest BCUT2D eigenvalue weighted by molar-refractivity contribution is 6.34. The van der Waals surface area contributed by atoms with Crippen LogP contribution >= 0.6 is 23.2 Å². The van der Waals surface area contributed by atoms with Gasteiger partial charge in [0.25, 0.3) is 0 Å². The van der Waals surface area contributed by atoms with Crippen LogP contribution in [0.1, 0.15) is 17.5 Å². The second-order valence-corrected chi connectivity index (χ2v) is 5.76.